The monoisotopic (exact) mass is 467 g/mol. The number of ether oxygens (including phenoxy) is 1. The summed E-state index contributed by atoms with van der Waals surface area (Å²) in [4.78, 5) is 26.3. The second-order valence-electron chi connectivity index (χ2n) is 7.45. The van der Waals surface area contributed by atoms with E-state index in [2.05, 4.69) is 5.32 Å². The fourth-order valence-electron chi connectivity index (χ4n) is 3.49. The first-order valence-electron chi connectivity index (χ1n) is 9.84. The SMILES string of the molecule is Cc1cc(C)cc(NC(=O)C(OC(=O)c2sc3cc(F)ccc3c2Cl)c2ccccc2)c1. The van der Waals surface area contributed by atoms with Crippen molar-refractivity contribution in [1.82, 2.24) is 0 Å². The highest BCUT2D eigenvalue weighted by atomic mass is 35.5. The Morgan fingerprint density at radius 2 is 1.69 bits per heavy atom. The van der Waals surface area contributed by atoms with Crippen molar-refractivity contribution in [3.05, 3.63) is 99.1 Å². The quantitative estimate of drug-likeness (QED) is 0.326. The molecule has 0 fully saturated rings. The number of halogens is 2. The van der Waals surface area contributed by atoms with Gasteiger partial charge in [-0.05, 0) is 55.3 Å². The van der Waals surface area contributed by atoms with E-state index in [0.29, 0.717) is 21.3 Å². The molecule has 0 saturated heterocycles. The molecule has 1 aromatic heterocycles. The molecular weight excluding hydrogens is 449 g/mol. The average molecular weight is 468 g/mol. The van der Waals surface area contributed by atoms with Gasteiger partial charge in [0.2, 0.25) is 6.10 Å². The minimum Gasteiger partial charge on any atom is -0.443 e. The van der Waals surface area contributed by atoms with E-state index in [1.54, 1.807) is 24.3 Å². The molecule has 7 heteroatoms. The number of anilines is 1. The van der Waals surface area contributed by atoms with Crippen LogP contribution < -0.4 is 5.32 Å². The van der Waals surface area contributed by atoms with Crippen LogP contribution in [0.3, 0.4) is 0 Å². The highest BCUT2D eigenvalue weighted by molar-refractivity contribution is 7.21. The second-order valence-corrected chi connectivity index (χ2v) is 8.88. The first kappa shape index (κ1) is 22.0. The maximum atomic E-state index is 13.6. The molecule has 1 unspecified atom stereocenters. The van der Waals surface area contributed by atoms with Crippen molar-refractivity contribution >= 4 is 50.6 Å². The Balaban J connectivity index is 1.65. The van der Waals surface area contributed by atoms with Gasteiger partial charge < -0.3 is 10.1 Å². The molecule has 1 amide bonds. The average Bonchev–Trinajstić information content (AvgIpc) is 3.07. The summed E-state index contributed by atoms with van der Waals surface area (Å²) in [5.41, 5.74) is 3.13. The van der Waals surface area contributed by atoms with E-state index in [9.17, 15) is 14.0 Å². The zero-order valence-electron chi connectivity index (χ0n) is 17.3. The van der Waals surface area contributed by atoms with Crippen LogP contribution in [-0.4, -0.2) is 11.9 Å². The molecule has 0 aliphatic carbocycles. The van der Waals surface area contributed by atoms with E-state index in [4.69, 9.17) is 16.3 Å². The Hall–Kier alpha value is -3.22. The molecule has 0 saturated carbocycles. The summed E-state index contributed by atoms with van der Waals surface area (Å²) < 4.78 is 19.7. The second kappa shape index (κ2) is 9.10. The van der Waals surface area contributed by atoms with Crippen LogP contribution in [0.2, 0.25) is 5.02 Å². The van der Waals surface area contributed by atoms with Crippen LogP contribution >= 0.6 is 22.9 Å². The molecule has 0 bridgehead atoms. The molecule has 0 aliphatic rings. The Morgan fingerprint density at radius 3 is 2.38 bits per heavy atom. The number of benzene rings is 3. The lowest BCUT2D eigenvalue weighted by molar-refractivity contribution is -0.125. The minimum atomic E-state index is -1.19. The van der Waals surface area contributed by atoms with Gasteiger partial charge in [0.25, 0.3) is 5.91 Å². The third-order valence-corrected chi connectivity index (χ3v) is 6.47. The van der Waals surface area contributed by atoms with Crippen molar-refractivity contribution in [3.63, 3.8) is 0 Å². The number of hydrogen-bond acceptors (Lipinski definition) is 4. The van der Waals surface area contributed by atoms with E-state index in [1.165, 1.54) is 18.2 Å². The largest absolute Gasteiger partial charge is 0.443 e. The van der Waals surface area contributed by atoms with Crippen molar-refractivity contribution in [1.29, 1.82) is 0 Å². The summed E-state index contributed by atoms with van der Waals surface area (Å²) in [7, 11) is 0. The van der Waals surface area contributed by atoms with E-state index < -0.39 is 23.8 Å². The predicted molar refractivity (Wildman–Crippen MR) is 126 cm³/mol. The molecule has 4 nitrogen and oxygen atoms in total. The highest BCUT2D eigenvalue weighted by Gasteiger charge is 2.28. The molecule has 3 aromatic carbocycles. The lowest BCUT2D eigenvalue weighted by Crippen LogP contribution is -2.25. The smallest absolute Gasteiger partial charge is 0.351 e. The van der Waals surface area contributed by atoms with E-state index in [1.807, 2.05) is 38.1 Å². The molecular formula is C25H19ClFNO3S. The molecule has 4 rings (SSSR count). The lowest BCUT2D eigenvalue weighted by Gasteiger charge is -2.18. The van der Waals surface area contributed by atoms with Crippen molar-refractivity contribution in [3.8, 4) is 0 Å². The number of fused-ring (bicyclic) bond motifs is 1. The van der Waals surface area contributed by atoms with Crippen LogP contribution in [0.5, 0.6) is 0 Å². The summed E-state index contributed by atoms with van der Waals surface area (Å²) in [5, 5.41) is 3.57. The van der Waals surface area contributed by atoms with Crippen molar-refractivity contribution in [2.45, 2.75) is 20.0 Å². The van der Waals surface area contributed by atoms with Gasteiger partial charge in [-0.3, -0.25) is 4.79 Å². The molecule has 0 aliphatic heterocycles. The molecule has 1 heterocycles. The fraction of sp³-hybridized carbons (Fsp3) is 0.120. The molecule has 162 valence electrons. The number of thiophene rings is 1. The van der Waals surface area contributed by atoms with E-state index >= 15 is 0 Å². The maximum Gasteiger partial charge on any atom is 0.351 e. The van der Waals surface area contributed by atoms with Gasteiger partial charge in [0, 0.05) is 21.3 Å². The summed E-state index contributed by atoms with van der Waals surface area (Å²) in [6.45, 7) is 3.87. The van der Waals surface area contributed by atoms with Gasteiger partial charge in [-0.25, -0.2) is 9.18 Å². The van der Waals surface area contributed by atoms with Crippen molar-refractivity contribution in [2.24, 2.45) is 0 Å². The Bertz CT molecular complexity index is 1300. The normalized spacial score (nSPS) is 11.9. The van der Waals surface area contributed by atoms with Gasteiger partial charge in [-0.1, -0.05) is 48.0 Å². The van der Waals surface area contributed by atoms with Crippen molar-refractivity contribution in [2.75, 3.05) is 5.32 Å². The molecule has 1 atom stereocenters. The molecule has 32 heavy (non-hydrogen) atoms. The number of carbonyl (C=O) groups excluding carboxylic acids is 2. The standard InChI is InChI=1S/C25H19ClFNO3S/c1-14-10-15(2)12-18(11-14)28-24(29)22(16-6-4-3-5-7-16)31-25(30)23-21(26)19-9-8-17(27)13-20(19)32-23/h3-13,22H,1-2H3,(H,28,29). The summed E-state index contributed by atoms with van der Waals surface area (Å²) in [6, 6.07) is 18.5. The van der Waals surface area contributed by atoms with Crippen LogP contribution in [0.4, 0.5) is 10.1 Å². The topological polar surface area (TPSA) is 55.4 Å². The third kappa shape index (κ3) is 4.66. The fourth-order valence-corrected chi connectivity index (χ4v) is 4.90. The maximum absolute atomic E-state index is 13.6. The van der Waals surface area contributed by atoms with Gasteiger partial charge in [-0.2, -0.15) is 0 Å². The molecule has 1 N–H and O–H groups in total. The Kier molecular flexibility index (Phi) is 6.26. The van der Waals surface area contributed by atoms with Gasteiger partial charge in [0.15, 0.2) is 0 Å². The van der Waals surface area contributed by atoms with Gasteiger partial charge in [0.1, 0.15) is 10.7 Å². The zero-order valence-corrected chi connectivity index (χ0v) is 18.9. The number of nitrogens with one attached hydrogen (secondary N) is 1. The minimum absolute atomic E-state index is 0.118. The Labute approximate surface area is 193 Å². The van der Waals surface area contributed by atoms with Crippen LogP contribution in [0.25, 0.3) is 10.1 Å². The number of amides is 1. The number of esters is 1. The first-order chi connectivity index (χ1) is 15.3. The number of rotatable bonds is 5. The molecule has 0 spiro atoms. The van der Waals surface area contributed by atoms with Gasteiger partial charge in [-0.15, -0.1) is 11.3 Å². The van der Waals surface area contributed by atoms with Gasteiger partial charge in [0.05, 0.1) is 5.02 Å². The first-order valence-corrected chi connectivity index (χ1v) is 11.0. The van der Waals surface area contributed by atoms with E-state index in [0.717, 1.165) is 22.5 Å². The number of carbonyl (C=O) groups is 2. The Morgan fingerprint density at radius 1 is 1.00 bits per heavy atom. The van der Waals surface area contributed by atoms with Crippen LogP contribution in [-0.2, 0) is 9.53 Å². The summed E-state index contributed by atoms with van der Waals surface area (Å²) >= 11 is 7.39. The summed E-state index contributed by atoms with van der Waals surface area (Å²) in [5.74, 6) is -1.66. The predicted octanol–water partition coefficient (Wildman–Crippen LogP) is 6.85. The number of aryl methyl sites for hydroxylation is 2. The highest BCUT2D eigenvalue weighted by Crippen LogP contribution is 2.37. The van der Waals surface area contributed by atoms with Crippen LogP contribution in [0, 0.1) is 19.7 Å². The molecule has 0 radical (unpaired) electrons. The van der Waals surface area contributed by atoms with Gasteiger partial charge >= 0.3 is 5.97 Å². The number of hydrogen-bond donors (Lipinski definition) is 1. The molecule has 4 aromatic rings. The summed E-state index contributed by atoms with van der Waals surface area (Å²) in [6.07, 6.45) is -1.19. The van der Waals surface area contributed by atoms with E-state index in [-0.39, 0.29) is 9.90 Å². The lowest BCUT2D eigenvalue weighted by atomic mass is 10.1. The zero-order chi connectivity index (χ0) is 22.8. The third-order valence-electron chi connectivity index (χ3n) is 4.83. The van der Waals surface area contributed by atoms with Crippen LogP contribution in [0.1, 0.15) is 32.5 Å². The van der Waals surface area contributed by atoms with Crippen molar-refractivity contribution < 1.29 is 18.7 Å². The van der Waals surface area contributed by atoms with Crippen LogP contribution in [0.15, 0.2) is 66.7 Å².